The van der Waals surface area contributed by atoms with Crippen LogP contribution in [0.15, 0.2) is 41.0 Å². The van der Waals surface area contributed by atoms with Gasteiger partial charge in [0.25, 0.3) is 0 Å². The van der Waals surface area contributed by atoms with E-state index >= 15 is 0 Å². The van der Waals surface area contributed by atoms with E-state index in [1.54, 1.807) is 6.26 Å². The van der Waals surface area contributed by atoms with Crippen LogP contribution < -0.4 is 5.32 Å². The second-order valence-electron chi connectivity index (χ2n) is 4.08. The predicted octanol–water partition coefficient (Wildman–Crippen LogP) is 3.57. The number of nitrogens with one attached hydrogen (secondary N) is 1. The van der Waals surface area contributed by atoms with Gasteiger partial charge in [-0.1, -0.05) is 17.7 Å². The molecule has 0 aliphatic carbocycles. The monoisotopic (exact) mass is 249 g/mol. The Labute approximate surface area is 107 Å². The van der Waals surface area contributed by atoms with Crippen molar-refractivity contribution in [3.05, 3.63) is 58.5 Å². The summed E-state index contributed by atoms with van der Waals surface area (Å²) in [4.78, 5) is 0. The van der Waals surface area contributed by atoms with E-state index in [1.165, 1.54) is 11.1 Å². The first kappa shape index (κ1) is 12.2. The lowest BCUT2D eigenvalue weighted by Gasteiger charge is -2.07. The number of furan rings is 1. The zero-order chi connectivity index (χ0) is 12.1. The summed E-state index contributed by atoms with van der Waals surface area (Å²) in [5.41, 5.74) is 2.51. The highest BCUT2D eigenvalue weighted by molar-refractivity contribution is 6.30. The van der Waals surface area contributed by atoms with Crippen molar-refractivity contribution in [2.24, 2.45) is 0 Å². The van der Waals surface area contributed by atoms with Gasteiger partial charge in [0.1, 0.15) is 5.76 Å². The third kappa shape index (κ3) is 3.62. The molecule has 0 amide bonds. The van der Waals surface area contributed by atoms with Gasteiger partial charge in [-0.05, 0) is 42.3 Å². The number of hydrogen-bond acceptors (Lipinski definition) is 2. The quantitative estimate of drug-likeness (QED) is 0.820. The fourth-order valence-corrected chi connectivity index (χ4v) is 1.97. The van der Waals surface area contributed by atoms with Crippen molar-refractivity contribution in [1.29, 1.82) is 0 Å². The Bertz CT molecular complexity index is 465. The predicted molar refractivity (Wildman–Crippen MR) is 70.3 cm³/mol. The molecule has 3 heteroatoms. The van der Waals surface area contributed by atoms with E-state index < -0.39 is 0 Å². The summed E-state index contributed by atoms with van der Waals surface area (Å²) in [6.45, 7) is 3.86. The van der Waals surface area contributed by atoms with Crippen LogP contribution in [0.5, 0.6) is 0 Å². The molecule has 17 heavy (non-hydrogen) atoms. The average Bonchev–Trinajstić information content (AvgIpc) is 2.79. The minimum atomic E-state index is 0.793. The molecule has 1 N–H and O–H groups in total. The van der Waals surface area contributed by atoms with Gasteiger partial charge in [0.15, 0.2) is 0 Å². The van der Waals surface area contributed by atoms with Gasteiger partial charge in [-0.3, -0.25) is 0 Å². The van der Waals surface area contributed by atoms with E-state index in [-0.39, 0.29) is 0 Å². The van der Waals surface area contributed by atoms with Crippen LogP contribution in [0.1, 0.15) is 16.9 Å². The zero-order valence-electron chi connectivity index (χ0n) is 9.87. The molecule has 0 bridgehead atoms. The zero-order valence-corrected chi connectivity index (χ0v) is 10.6. The number of rotatable bonds is 5. The number of halogens is 1. The number of aryl methyl sites for hydroxylation is 1. The Morgan fingerprint density at radius 1 is 1.29 bits per heavy atom. The van der Waals surface area contributed by atoms with E-state index in [0.29, 0.717) is 0 Å². The van der Waals surface area contributed by atoms with Crippen LogP contribution in [0.3, 0.4) is 0 Å². The van der Waals surface area contributed by atoms with Gasteiger partial charge in [-0.2, -0.15) is 0 Å². The first-order valence-corrected chi connectivity index (χ1v) is 6.11. The van der Waals surface area contributed by atoms with E-state index in [9.17, 15) is 0 Å². The van der Waals surface area contributed by atoms with Crippen molar-refractivity contribution in [3.8, 4) is 0 Å². The molecule has 2 aromatic rings. The molecule has 2 nitrogen and oxygen atoms in total. The van der Waals surface area contributed by atoms with Crippen LogP contribution in [-0.4, -0.2) is 6.54 Å². The van der Waals surface area contributed by atoms with Crippen LogP contribution >= 0.6 is 11.6 Å². The SMILES string of the molecule is Cc1cc(Cl)ccc1CNCCc1ccco1. The molecule has 0 fully saturated rings. The Morgan fingerprint density at radius 2 is 2.18 bits per heavy atom. The number of benzene rings is 1. The molecule has 0 unspecified atom stereocenters. The minimum Gasteiger partial charge on any atom is -0.469 e. The molecule has 0 aliphatic heterocycles. The third-order valence-corrected chi connectivity index (χ3v) is 2.98. The van der Waals surface area contributed by atoms with Crippen LogP contribution in [-0.2, 0) is 13.0 Å². The Morgan fingerprint density at radius 3 is 2.88 bits per heavy atom. The Hall–Kier alpha value is -1.25. The summed E-state index contributed by atoms with van der Waals surface area (Å²) in [6, 6.07) is 9.90. The van der Waals surface area contributed by atoms with Crippen molar-refractivity contribution < 1.29 is 4.42 Å². The van der Waals surface area contributed by atoms with Crippen molar-refractivity contribution >= 4 is 11.6 Å². The maximum absolute atomic E-state index is 5.91. The van der Waals surface area contributed by atoms with Crippen LogP contribution in [0, 0.1) is 6.92 Å². The standard InChI is InChI=1S/C14H16ClNO/c1-11-9-13(15)5-4-12(11)10-16-7-6-14-3-2-8-17-14/h2-5,8-9,16H,6-7,10H2,1H3. The van der Waals surface area contributed by atoms with Gasteiger partial charge in [-0.25, -0.2) is 0 Å². The third-order valence-electron chi connectivity index (χ3n) is 2.75. The molecule has 2 rings (SSSR count). The Balaban J connectivity index is 1.78. The van der Waals surface area contributed by atoms with Gasteiger partial charge in [0, 0.05) is 24.5 Å². The summed E-state index contributed by atoms with van der Waals surface area (Å²) in [7, 11) is 0. The molecule has 90 valence electrons. The first-order chi connectivity index (χ1) is 8.25. The van der Waals surface area contributed by atoms with Gasteiger partial charge in [-0.15, -0.1) is 0 Å². The summed E-state index contributed by atoms with van der Waals surface area (Å²) >= 11 is 5.91. The fraction of sp³-hybridized carbons (Fsp3) is 0.286. The highest BCUT2D eigenvalue weighted by atomic mass is 35.5. The normalized spacial score (nSPS) is 10.7. The Kier molecular flexibility index (Phi) is 4.24. The maximum Gasteiger partial charge on any atom is 0.105 e. The van der Waals surface area contributed by atoms with Gasteiger partial charge in [0.05, 0.1) is 6.26 Å². The van der Waals surface area contributed by atoms with Crippen molar-refractivity contribution in [1.82, 2.24) is 5.32 Å². The lowest BCUT2D eigenvalue weighted by molar-refractivity contribution is 0.498. The summed E-state index contributed by atoms with van der Waals surface area (Å²) < 4.78 is 5.27. The summed E-state index contributed by atoms with van der Waals surface area (Å²) in [5, 5.41) is 4.19. The lowest BCUT2D eigenvalue weighted by atomic mass is 10.1. The van der Waals surface area contributed by atoms with Crippen LogP contribution in [0.4, 0.5) is 0 Å². The van der Waals surface area contributed by atoms with Gasteiger partial charge >= 0.3 is 0 Å². The lowest BCUT2D eigenvalue weighted by Crippen LogP contribution is -2.17. The molecule has 0 saturated carbocycles. The van der Waals surface area contributed by atoms with Gasteiger partial charge in [0.2, 0.25) is 0 Å². The summed E-state index contributed by atoms with van der Waals surface area (Å²) in [6.07, 6.45) is 2.62. The molecule has 0 aliphatic rings. The van der Waals surface area contributed by atoms with Crippen molar-refractivity contribution in [3.63, 3.8) is 0 Å². The highest BCUT2D eigenvalue weighted by Crippen LogP contribution is 2.14. The molecule has 1 aromatic carbocycles. The van der Waals surface area contributed by atoms with Crippen LogP contribution in [0.25, 0.3) is 0 Å². The molecule has 0 spiro atoms. The largest absolute Gasteiger partial charge is 0.469 e. The smallest absolute Gasteiger partial charge is 0.105 e. The molecule has 0 saturated heterocycles. The summed E-state index contributed by atoms with van der Waals surface area (Å²) in [5.74, 6) is 1.02. The van der Waals surface area contributed by atoms with E-state index in [0.717, 1.165) is 30.3 Å². The molecular formula is C14H16ClNO. The molecule has 1 heterocycles. The molecule has 0 radical (unpaired) electrons. The fourth-order valence-electron chi connectivity index (χ4n) is 1.75. The molecule has 1 aromatic heterocycles. The number of hydrogen-bond donors (Lipinski definition) is 1. The van der Waals surface area contributed by atoms with Crippen molar-refractivity contribution in [2.75, 3.05) is 6.54 Å². The van der Waals surface area contributed by atoms with E-state index in [1.807, 2.05) is 24.3 Å². The topological polar surface area (TPSA) is 25.2 Å². The molecular weight excluding hydrogens is 234 g/mol. The van der Waals surface area contributed by atoms with Crippen molar-refractivity contribution in [2.45, 2.75) is 19.9 Å². The second kappa shape index (κ2) is 5.89. The average molecular weight is 250 g/mol. The highest BCUT2D eigenvalue weighted by Gasteiger charge is 1.99. The second-order valence-corrected chi connectivity index (χ2v) is 4.51. The van der Waals surface area contributed by atoms with E-state index in [4.69, 9.17) is 16.0 Å². The maximum atomic E-state index is 5.91. The van der Waals surface area contributed by atoms with Crippen LogP contribution in [0.2, 0.25) is 5.02 Å². The first-order valence-electron chi connectivity index (χ1n) is 5.74. The van der Waals surface area contributed by atoms with Gasteiger partial charge < -0.3 is 9.73 Å². The van der Waals surface area contributed by atoms with E-state index in [2.05, 4.69) is 18.3 Å². The minimum absolute atomic E-state index is 0.793. The molecule has 0 atom stereocenters.